The molecule has 0 aliphatic heterocycles. The smallest absolute Gasteiger partial charge is 0.135 e. The molecule has 1 nitrogen and oxygen atoms in total. The average molecular weight is 200 g/mol. The molecule has 13 heavy (non-hydrogen) atoms. The predicted molar refractivity (Wildman–Crippen MR) is 59.1 cm³/mol. The Balaban J connectivity index is 2.11. The minimum absolute atomic E-state index is 0.353. The summed E-state index contributed by atoms with van der Waals surface area (Å²) in [6, 6.07) is 0. The van der Waals surface area contributed by atoms with E-state index in [2.05, 4.69) is 13.8 Å². The van der Waals surface area contributed by atoms with Crippen molar-refractivity contribution in [3.05, 3.63) is 0 Å². The molecule has 1 saturated carbocycles. The molecule has 1 fully saturated rings. The Morgan fingerprint density at radius 1 is 1.54 bits per heavy atom. The molecule has 0 aromatic rings. The number of ketones is 1. The summed E-state index contributed by atoms with van der Waals surface area (Å²) in [7, 11) is 0. The maximum Gasteiger partial charge on any atom is 0.135 e. The molecule has 2 heteroatoms. The van der Waals surface area contributed by atoms with E-state index in [0.717, 1.165) is 12.8 Å². The van der Waals surface area contributed by atoms with Gasteiger partial charge in [-0.1, -0.05) is 13.8 Å². The van der Waals surface area contributed by atoms with Crippen LogP contribution in [-0.2, 0) is 4.79 Å². The van der Waals surface area contributed by atoms with Crippen LogP contribution >= 0.6 is 11.8 Å². The van der Waals surface area contributed by atoms with Gasteiger partial charge in [-0.15, -0.1) is 0 Å². The Labute approximate surface area is 85.7 Å². The fourth-order valence-corrected chi connectivity index (χ4v) is 2.71. The van der Waals surface area contributed by atoms with E-state index >= 15 is 0 Å². The number of Topliss-reactive ketones (excluding diaryl/α,β-unsaturated/α-hetero) is 1. The van der Waals surface area contributed by atoms with Gasteiger partial charge in [0.1, 0.15) is 5.78 Å². The Morgan fingerprint density at radius 3 is 2.85 bits per heavy atom. The van der Waals surface area contributed by atoms with E-state index in [1.165, 1.54) is 24.3 Å². The fraction of sp³-hybridized carbons (Fsp3) is 0.909. The first kappa shape index (κ1) is 11.1. The maximum atomic E-state index is 11.3. The summed E-state index contributed by atoms with van der Waals surface area (Å²) in [4.78, 5) is 11.3. The van der Waals surface area contributed by atoms with Crippen LogP contribution in [0.25, 0.3) is 0 Å². The SMILES string of the molecule is CCSCCCC1CCC(=O)C1C. The highest BCUT2D eigenvalue weighted by molar-refractivity contribution is 7.99. The lowest BCUT2D eigenvalue weighted by Gasteiger charge is -2.12. The van der Waals surface area contributed by atoms with Crippen LogP contribution in [0, 0.1) is 11.8 Å². The van der Waals surface area contributed by atoms with E-state index in [1.807, 2.05) is 11.8 Å². The first-order chi connectivity index (χ1) is 6.25. The van der Waals surface area contributed by atoms with Crippen LogP contribution in [0.5, 0.6) is 0 Å². The molecule has 0 bridgehead atoms. The lowest BCUT2D eigenvalue weighted by Crippen LogP contribution is -2.10. The van der Waals surface area contributed by atoms with E-state index in [4.69, 9.17) is 0 Å². The monoisotopic (exact) mass is 200 g/mol. The summed E-state index contributed by atoms with van der Waals surface area (Å²) in [5.41, 5.74) is 0. The second kappa shape index (κ2) is 5.69. The highest BCUT2D eigenvalue weighted by atomic mass is 32.2. The summed E-state index contributed by atoms with van der Waals surface area (Å²) < 4.78 is 0. The molecule has 0 aromatic carbocycles. The molecule has 0 aromatic heterocycles. The number of hydrogen-bond donors (Lipinski definition) is 0. The lowest BCUT2D eigenvalue weighted by atomic mass is 9.93. The molecule has 2 unspecified atom stereocenters. The summed E-state index contributed by atoms with van der Waals surface area (Å²) in [6.07, 6.45) is 4.55. The third-order valence-electron chi connectivity index (χ3n) is 3.04. The Hall–Kier alpha value is 0.0200. The van der Waals surface area contributed by atoms with Crippen molar-refractivity contribution < 1.29 is 4.79 Å². The lowest BCUT2D eigenvalue weighted by molar-refractivity contribution is -0.120. The zero-order valence-corrected chi connectivity index (χ0v) is 9.53. The summed E-state index contributed by atoms with van der Waals surface area (Å²) in [5.74, 6) is 4.04. The zero-order chi connectivity index (χ0) is 9.68. The van der Waals surface area contributed by atoms with Gasteiger partial charge in [0, 0.05) is 12.3 Å². The second-order valence-corrected chi connectivity index (χ2v) is 5.29. The Bertz CT molecular complexity index is 167. The van der Waals surface area contributed by atoms with Crippen LogP contribution in [0.2, 0.25) is 0 Å². The van der Waals surface area contributed by atoms with Crippen LogP contribution in [0.1, 0.15) is 39.5 Å². The molecule has 1 rings (SSSR count). The fourth-order valence-electron chi connectivity index (χ4n) is 2.05. The third-order valence-corrected chi connectivity index (χ3v) is 4.03. The van der Waals surface area contributed by atoms with E-state index in [0.29, 0.717) is 17.6 Å². The minimum Gasteiger partial charge on any atom is -0.299 e. The van der Waals surface area contributed by atoms with Crippen molar-refractivity contribution in [1.82, 2.24) is 0 Å². The first-order valence-corrected chi connectivity index (χ1v) is 6.51. The molecular weight excluding hydrogens is 180 g/mol. The highest BCUT2D eigenvalue weighted by Crippen LogP contribution is 2.32. The van der Waals surface area contributed by atoms with Gasteiger partial charge in [0.2, 0.25) is 0 Å². The van der Waals surface area contributed by atoms with Crippen LogP contribution in [0.3, 0.4) is 0 Å². The van der Waals surface area contributed by atoms with Crippen LogP contribution in [-0.4, -0.2) is 17.3 Å². The predicted octanol–water partition coefficient (Wildman–Crippen LogP) is 3.13. The van der Waals surface area contributed by atoms with Crippen LogP contribution < -0.4 is 0 Å². The van der Waals surface area contributed by atoms with Gasteiger partial charge in [0.25, 0.3) is 0 Å². The van der Waals surface area contributed by atoms with Crippen molar-refractivity contribution in [1.29, 1.82) is 0 Å². The molecule has 1 aliphatic carbocycles. The van der Waals surface area contributed by atoms with Gasteiger partial charge in [-0.05, 0) is 36.7 Å². The number of rotatable bonds is 5. The van der Waals surface area contributed by atoms with Gasteiger partial charge in [0.05, 0.1) is 0 Å². The van der Waals surface area contributed by atoms with Crippen molar-refractivity contribution in [2.24, 2.45) is 11.8 Å². The standard InChI is InChI=1S/C11H20OS/c1-3-13-8-4-5-10-6-7-11(12)9(10)2/h9-10H,3-8H2,1-2H3. The van der Waals surface area contributed by atoms with Crippen molar-refractivity contribution >= 4 is 17.5 Å². The molecule has 0 radical (unpaired) electrons. The molecular formula is C11H20OS. The summed E-state index contributed by atoms with van der Waals surface area (Å²) in [5, 5.41) is 0. The van der Waals surface area contributed by atoms with Gasteiger partial charge in [-0.25, -0.2) is 0 Å². The van der Waals surface area contributed by atoms with Gasteiger partial charge < -0.3 is 0 Å². The quantitative estimate of drug-likeness (QED) is 0.634. The van der Waals surface area contributed by atoms with Crippen molar-refractivity contribution in [2.75, 3.05) is 11.5 Å². The molecule has 0 N–H and O–H groups in total. The normalized spacial score (nSPS) is 28.3. The number of hydrogen-bond acceptors (Lipinski definition) is 2. The molecule has 76 valence electrons. The second-order valence-electron chi connectivity index (χ2n) is 3.89. The largest absolute Gasteiger partial charge is 0.299 e. The maximum absolute atomic E-state index is 11.3. The third kappa shape index (κ3) is 3.34. The van der Waals surface area contributed by atoms with Crippen molar-refractivity contribution in [3.63, 3.8) is 0 Å². The molecule has 1 aliphatic rings. The zero-order valence-electron chi connectivity index (χ0n) is 8.71. The van der Waals surface area contributed by atoms with Crippen LogP contribution in [0.15, 0.2) is 0 Å². The average Bonchev–Trinajstić information content (AvgIpc) is 2.43. The molecule has 2 atom stereocenters. The van der Waals surface area contributed by atoms with E-state index in [9.17, 15) is 4.79 Å². The summed E-state index contributed by atoms with van der Waals surface area (Å²) >= 11 is 2.01. The van der Waals surface area contributed by atoms with E-state index < -0.39 is 0 Å². The Kier molecular flexibility index (Phi) is 4.86. The number of carbonyl (C=O) groups is 1. The van der Waals surface area contributed by atoms with Gasteiger partial charge in [-0.3, -0.25) is 4.79 Å². The molecule has 0 saturated heterocycles. The molecule has 0 amide bonds. The molecule has 0 spiro atoms. The van der Waals surface area contributed by atoms with Gasteiger partial charge in [0.15, 0.2) is 0 Å². The first-order valence-electron chi connectivity index (χ1n) is 5.36. The van der Waals surface area contributed by atoms with E-state index in [1.54, 1.807) is 0 Å². The molecule has 0 heterocycles. The van der Waals surface area contributed by atoms with Crippen molar-refractivity contribution in [3.8, 4) is 0 Å². The van der Waals surface area contributed by atoms with E-state index in [-0.39, 0.29) is 0 Å². The number of carbonyl (C=O) groups excluding carboxylic acids is 1. The number of thioether (sulfide) groups is 1. The summed E-state index contributed by atoms with van der Waals surface area (Å²) in [6.45, 7) is 4.30. The highest BCUT2D eigenvalue weighted by Gasteiger charge is 2.29. The van der Waals surface area contributed by atoms with Crippen LogP contribution in [0.4, 0.5) is 0 Å². The van der Waals surface area contributed by atoms with Crippen molar-refractivity contribution in [2.45, 2.75) is 39.5 Å². The van der Waals surface area contributed by atoms with Gasteiger partial charge in [-0.2, -0.15) is 11.8 Å². The Morgan fingerprint density at radius 2 is 2.31 bits per heavy atom. The minimum atomic E-state index is 0.353. The topological polar surface area (TPSA) is 17.1 Å². The van der Waals surface area contributed by atoms with Gasteiger partial charge >= 0.3 is 0 Å².